The Morgan fingerprint density at radius 2 is 0.671 bits per heavy atom. The van der Waals surface area contributed by atoms with Crippen molar-refractivity contribution in [3.8, 4) is 0 Å². The third-order valence-corrected chi connectivity index (χ3v) is 17.0. The average Bonchev–Trinajstić information content (AvgIpc) is 3.48. The van der Waals surface area contributed by atoms with Gasteiger partial charge in [-0.05, 0) is 51.4 Å². The van der Waals surface area contributed by atoms with Crippen LogP contribution in [0, 0.1) is 0 Å². The Morgan fingerprint density at radius 3 is 1.00 bits per heavy atom. The zero-order valence-electron chi connectivity index (χ0n) is 54.2. The largest absolute Gasteiger partial charge is 0.472 e. The zero-order chi connectivity index (χ0) is 59.4. The minimum absolute atomic E-state index is 0.0520. The third-order valence-electron chi connectivity index (χ3n) is 16.0. The lowest BCUT2D eigenvalue weighted by molar-refractivity contribution is -0.161. The smallest absolute Gasteiger partial charge is 0.462 e. The van der Waals surface area contributed by atoms with Crippen LogP contribution in [0.3, 0.4) is 0 Å². The molecule has 0 radical (unpaired) electrons. The highest BCUT2D eigenvalue weighted by molar-refractivity contribution is 7.47. The standard InChI is InChI=1S/C72H136NO8P/c1-3-5-7-9-11-13-15-17-19-21-23-25-26-27-28-29-30-31-32-33-34-35-36-37-38-39-40-41-42-43-45-46-48-50-52-54-56-58-60-62-64-71(74)78-68-70(69-80-82(76,77)79-67-66-73)81-72(75)65-63-61-59-57-55-53-51-49-47-44-24-22-20-18-16-14-12-10-8-6-4-2/h6,8,12,14,18,20,24,44,70H,3-5,7,9-11,13,15-17,19,21-23,25-43,45-69,73H2,1-2H3,(H,76,77)/b8-6-,14-12-,20-18-,44-24-. The predicted octanol–water partition coefficient (Wildman–Crippen LogP) is 23.3. The van der Waals surface area contributed by atoms with Crippen molar-refractivity contribution in [1.29, 1.82) is 0 Å². The second-order valence-electron chi connectivity index (χ2n) is 24.1. The summed E-state index contributed by atoms with van der Waals surface area (Å²) in [7, 11) is -4.39. The van der Waals surface area contributed by atoms with Gasteiger partial charge in [-0.15, -0.1) is 0 Å². The van der Waals surface area contributed by atoms with Crippen LogP contribution in [0.15, 0.2) is 48.6 Å². The number of carbonyl (C=O) groups excluding carboxylic acids is 2. The van der Waals surface area contributed by atoms with E-state index >= 15 is 0 Å². The molecule has 482 valence electrons. The highest BCUT2D eigenvalue weighted by Gasteiger charge is 2.26. The molecule has 9 nitrogen and oxygen atoms in total. The molecule has 0 saturated heterocycles. The molecular weight excluding hydrogens is 1040 g/mol. The number of rotatable bonds is 68. The Morgan fingerprint density at radius 1 is 0.378 bits per heavy atom. The van der Waals surface area contributed by atoms with Crippen molar-refractivity contribution < 1.29 is 37.6 Å². The fraction of sp³-hybridized carbons (Fsp3) is 0.861. The maximum absolute atomic E-state index is 12.7. The van der Waals surface area contributed by atoms with Crippen LogP contribution in [-0.4, -0.2) is 49.3 Å². The molecular formula is C72H136NO8P. The number of esters is 2. The van der Waals surface area contributed by atoms with Crippen molar-refractivity contribution in [1.82, 2.24) is 0 Å². The molecule has 0 spiro atoms. The second kappa shape index (κ2) is 68.1. The summed E-state index contributed by atoms with van der Waals surface area (Å²) in [6.07, 6.45) is 86.7. The van der Waals surface area contributed by atoms with Crippen LogP contribution in [0.2, 0.25) is 0 Å². The lowest BCUT2D eigenvalue weighted by atomic mass is 10.0. The number of hydrogen-bond donors (Lipinski definition) is 2. The van der Waals surface area contributed by atoms with E-state index in [1.54, 1.807) is 0 Å². The number of phosphoric ester groups is 1. The molecule has 0 aliphatic heterocycles. The van der Waals surface area contributed by atoms with Crippen molar-refractivity contribution in [2.45, 2.75) is 373 Å². The fourth-order valence-electron chi connectivity index (χ4n) is 10.8. The van der Waals surface area contributed by atoms with Gasteiger partial charge in [-0.3, -0.25) is 18.6 Å². The van der Waals surface area contributed by atoms with Gasteiger partial charge in [-0.2, -0.15) is 0 Å². The molecule has 0 aromatic rings. The molecule has 0 saturated carbocycles. The maximum Gasteiger partial charge on any atom is 0.472 e. The van der Waals surface area contributed by atoms with Gasteiger partial charge in [0.2, 0.25) is 0 Å². The van der Waals surface area contributed by atoms with Gasteiger partial charge in [0.1, 0.15) is 6.61 Å². The van der Waals surface area contributed by atoms with E-state index in [9.17, 15) is 19.0 Å². The lowest BCUT2D eigenvalue weighted by Gasteiger charge is -2.19. The summed E-state index contributed by atoms with van der Waals surface area (Å²) in [5.41, 5.74) is 5.40. The van der Waals surface area contributed by atoms with E-state index in [1.807, 2.05) is 0 Å². The summed E-state index contributed by atoms with van der Waals surface area (Å²) in [4.78, 5) is 35.3. The van der Waals surface area contributed by atoms with Crippen LogP contribution < -0.4 is 5.73 Å². The lowest BCUT2D eigenvalue weighted by Crippen LogP contribution is -2.29. The van der Waals surface area contributed by atoms with Crippen molar-refractivity contribution in [2.75, 3.05) is 26.4 Å². The van der Waals surface area contributed by atoms with Gasteiger partial charge in [-0.1, -0.05) is 351 Å². The minimum Gasteiger partial charge on any atom is -0.462 e. The number of phosphoric acid groups is 1. The molecule has 0 amide bonds. The van der Waals surface area contributed by atoms with Gasteiger partial charge in [0.25, 0.3) is 0 Å². The topological polar surface area (TPSA) is 134 Å². The van der Waals surface area contributed by atoms with Gasteiger partial charge in [0.05, 0.1) is 13.2 Å². The highest BCUT2D eigenvalue weighted by atomic mass is 31.2. The number of carbonyl (C=O) groups is 2. The van der Waals surface area contributed by atoms with E-state index in [0.29, 0.717) is 6.42 Å². The van der Waals surface area contributed by atoms with E-state index in [2.05, 4.69) is 62.5 Å². The van der Waals surface area contributed by atoms with E-state index < -0.39 is 26.5 Å². The monoisotopic (exact) mass is 1170 g/mol. The molecule has 10 heteroatoms. The van der Waals surface area contributed by atoms with E-state index in [1.165, 1.54) is 263 Å². The first-order valence-corrected chi connectivity index (χ1v) is 37.1. The summed E-state index contributed by atoms with van der Waals surface area (Å²) in [6.45, 7) is 3.68. The van der Waals surface area contributed by atoms with Crippen LogP contribution in [0.25, 0.3) is 0 Å². The predicted molar refractivity (Wildman–Crippen MR) is 353 cm³/mol. The molecule has 0 aromatic heterocycles. The van der Waals surface area contributed by atoms with E-state index in [4.69, 9.17) is 24.3 Å². The van der Waals surface area contributed by atoms with Crippen molar-refractivity contribution in [3.63, 3.8) is 0 Å². The van der Waals surface area contributed by atoms with Gasteiger partial charge in [0, 0.05) is 19.4 Å². The van der Waals surface area contributed by atoms with Crippen LogP contribution >= 0.6 is 7.82 Å². The molecule has 0 heterocycles. The Hall–Kier alpha value is -2.03. The van der Waals surface area contributed by atoms with Gasteiger partial charge in [0.15, 0.2) is 6.10 Å². The molecule has 3 N–H and O–H groups in total. The quantitative estimate of drug-likeness (QED) is 0.0264. The fourth-order valence-corrected chi connectivity index (χ4v) is 11.5. The Kier molecular flexibility index (Phi) is 66.4. The SMILES string of the molecule is CC/C=C\C/C=C\C/C=C\C/C=C\CCCCCCCCCCC(=O)OC(COC(=O)CCCCCCCCCCCCCCCCCCCCCCCCCCCCCCCCCCCCCCCCCC)COP(=O)(O)OCCN. The molecule has 0 aliphatic carbocycles. The summed E-state index contributed by atoms with van der Waals surface area (Å²) in [6, 6.07) is 0. The normalized spacial score (nSPS) is 13.2. The molecule has 0 fully saturated rings. The first-order chi connectivity index (χ1) is 40.3. The maximum atomic E-state index is 12.7. The molecule has 2 unspecified atom stereocenters. The van der Waals surface area contributed by atoms with Gasteiger partial charge < -0.3 is 20.1 Å². The molecule has 0 rings (SSSR count). The number of ether oxygens (including phenoxy) is 2. The molecule has 0 bridgehead atoms. The highest BCUT2D eigenvalue weighted by Crippen LogP contribution is 2.43. The number of hydrogen-bond acceptors (Lipinski definition) is 8. The Bertz CT molecular complexity index is 1480. The Balaban J connectivity index is 3.74. The molecule has 82 heavy (non-hydrogen) atoms. The summed E-state index contributed by atoms with van der Waals surface area (Å²) in [5.74, 6) is -0.822. The third kappa shape index (κ3) is 67.1. The summed E-state index contributed by atoms with van der Waals surface area (Å²) in [5, 5.41) is 0. The molecule has 0 aliphatic rings. The first-order valence-electron chi connectivity index (χ1n) is 35.6. The van der Waals surface area contributed by atoms with Crippen LogP contribution in [0.4, 0.5) is 0 Å². The summed E-state index contributed by atoms with van der Waals surface area (Å²) < 4.78 is 33.1. The van der Waals surface area contributed by atoms with Crippen molar-refractivity contribution >= 4 is 19.8 Å². The van der Waals surface area contributed by atoms with Crippen LogP contribution in [0.1, 0.15) is 367 Å². The van der Waals surface area contributed by atoms with E-state index in [0.717, 1.165) is 70.6 Å². The average molecular weight is 1170 g/mol. The van der Waals surface area contributed by atoms with Crippen LogP contribution in [-0.2, 0) is 32.7 Å². The van der Waals surface area contributed by atoms with Crippen molar-refractivity contribution in [2.24, 2.45) is 5.73 Å². The van der Waals surface area contributed by atoms with Crippen molar-refractivity contribution in [3.05, 3.63) is 48.6 Å². The van der Waals surface area contributed by atoms with E-state index in [-0.39, 0.29) is 38.6 Å². The second-order valence-corrected chi connectivity index (χ2v) is 25.5. The van der Waals surface area contributed by atoms with Crippen LogP contribution in [0.5, 0.6) is 0 Å². The number of nitrogens with two attached hydrogens (primary N) is 1. The number of unbranched alkanes of at least 4 members (excludes halogenated alkanes) is 47. The molecule has 2 atom stereocenters. The zero-order valence-corrected chi connectivity index (χ0v) is 55.1. The summed E-state index contributed by atoms with van der Waals surface area (Å²) >= 11 is 0. The van der Waals surface area contributed by atoms with Gasteiger partial charge >= 0.3 is 19.8 Å². The first kappa shape index (κ1) is 80.0. The Labute approximate surface area is 508 Å². The van der Waals surface area contributed by atoms with Gasteiger partial charge in [-0.25, -0.2) is 4.57 Å². The molecule has 0 aromatic carbocycles. The minimum atomic E-state index is -4.39. The number of allylic oxidation sites excluding steroid dienone is 8.